The van der Waals surface area contributed by atoms with Crippen molar-refractivity contribution >= 4 is 28.8 Å². The van der Waals surface area contributed by atoms with Gasteiger partial charge in [-0.05, 0) is 50.8 Å². The minimum atomic E-state index is -1.16. The van der Waals surface area contributed by atoms with Crippen LogP contribution in [0.15, 0.2) is 23.0 Å². The third-order valence-corrected chi connectivity index (χ3v) is 6.38. The summed E-state index contributed by atoms with van der Waals surface area (Å²) in [5.74, 6) is -0.685. The molecule has 2 heterocycles. The summed E-state index contributed by atoms with van der Waals surface area (Å²) in [4.78, 5) is 54.5. The zero-order valence-corrected chi connectivity index (χ0v) is 18.9. The maximum Gasteiger partial charge on any atom is 0.338 e. The molecule has 4 rings (SSSR count). The number of ether oxygens (including phenoxy) is 1. The van der Waals surface area contributed by atoms with E-state index in [1.54, 1.807) is 10.6 Å². The average molecular weight is 455 g/mol. The van der Waals surface area contributed by atoms with Crippen LogP contribution in [0.2, 0.25) is 0 Å². The summed E-state index contributed by atoms with van der Waals surface area (Å²) in [6.07, 6.45) is 7.61. The van der Waals surface area contributed by atoms with E-state index in [0.717, 1.165) is 63.6 Å². The number of amides is 3. The molecule has 9 heteroatoms. The Morgan fingerprint density at radius 3 is 2.64 bits per heavy atom. The van der Waals surface area contributed by atoms with Crippen LogP contribution in [-0.2, 0) is 22.5 Å². The maximum absolute atomic E-state index is 12.8. The van der Waals surface area contributed by atoms with Gasteiger partial charge in [0.25, 0.3) is 11.5 Å². The fraction of sp³-hybridized carbons (Fsp3) is 0.542. The predicted molar refractivity (Wildman–Crippen MR) is 122 cm³/mol. The van der Waals surface area contributed by atoms with Crippen molar-refractivity contribution < 1.29 is 19.1 Å². The molecule has 0 radical (unpaired) electrons. The standard InChI is InChI=1S/C24H30N4O5/c1-15(21(29)27-24(32)25-17-8-4-2-5-9-17)33-23(31)16-11-12-18-19(14-16)26-20-10-6-3-7-13-28(20)22(18)30/h11-12,14-15,17H,2-10,13H2,1H3,(H2,25,27,29,32). The van der Waals surface area contributed by atoms with E-state index in [4.69, 9.17) is 4.74 Å². The van der Waals surface area contributed by atoms with Gasteiger partial charge in [-0.15, -0.1) is 0 Å². The van der Waals surface area contributed by atoms with Crippen LogP contribution in [0.1, 0.15) is 74.5 Å². The highest BCUT2D eigenvalue weighted by atomic mass is 16.5. The molecule has 1 aromatic carbocycles. The van der Waals surface area contributed by atoms with Gasteiger partial charge in [-0.2, -0.15) is 0 Å². The van der Waals surface area contributed by atoms with Crippen molar-refractivity contribution in [2.45, 2.75) is 83.4 Å². The Morgan fingerprint density at radius 1 is 1.09 bits per heavy atom. The summed E-state index contributed by atoms with van der Waals surface area (Å²) < 4.78 is 6.98. The lowest BCUT2D eigenvalue weighted by Crippen LogP contribution is -2.48. The molecule has 0 saturated heterocycles. The molecule has 1 saturated carbocycles. The van der Waals surface area contributed by atoms with Crippen molar-refractivity contribution in [3.05, 3.63) is 39.9 Å². The highest BCUT2D eigenvalue weighted by Gasteiger charge is 2.23. The quantitative estimate of drug-likeness (QED) is 0.686. The van der Waals surface area contributed by atoms with Crippen LogP contribution in [0, 0.1) is 0 Å². The van der Waals surface area contributed by atoms with Crippen LogP contribution in [0.25, 0.3) is 10.9 Å². The van der Waals surface area contributed by atoms with Gasteiger partial charge in [-0.1, -0.05) is 25.7 Å². The van der Waals surface area contributed by atoms with E-state index in [-0.39, 0.29) is 17.2 Å². The molecule has 9 nitrogen and oxygen atoms in total. The van der Waals surface area contributed by atoms with Crippen molar-refractivity contribution in [3.8, 4) is 0 Å². The van der Waals surface area contributed by atoms with Gasteiger partial charge in [-0.3, -0.25) is 19.5 Å². The molecule has 1 unspecified atom stereocenters. The Kier molecular flexibility index (Phi) is 7.05. The highest BCUT2D eigenvalue weighted by Crippen LogP contribution is 2.18. The third kappa shape index (κ3) is 5.40. The van der Waals surface area contributed by atoms with E-state index in [9.17, 15) is 19.2 Å². The lowest BCUT2D eigenvalue weighted by Gasteiger charge is -2.23. The third-order valence-electron chi connectivity index (χ3n) is 6.38. The molecule has 33 heavy (non-hydrogen) atoms. The molecule has 1 fully saturated rings. The highest BCUT2D eigenvalue weighted by molar-refractivity contribution is 5.99. The monoisotopic (exact) mass is 454 g/mol. The zero-order chi connectivity index (χ0) is 23.4. The molecule has 1 aliphatic carbocycles. The number of esters is 1. The Balaban J connectivity index is 1.40. The van der Waals surface area contributed by atoms with Crippen LogP contribution >= 0.6 is 0 Å². The minimum absolute atomic E-state index is 0.0635. The Hall–Kier alpha value is -3.23. The molecular weight excluding hydrogens is 424 g/mol. The normalized spacial score (nSPS) is 17.5. The molecule has 2 aromatic rings. The SMILES string of the molecule is CC(OC(=O)c1ccc2c(=O)n3c(nc2c1)CCCCC3)C(=O)NC(=O)NC1CCCCC1. The van der Waals surface area contributed by atoms with Crippen LogP contribution in [-0.4, -0.2) is 39.6 Å². The van der Waals surface area contributed by atoms with Crippen molar-refractivity contribution in [3.63, 3.8) is 0 Å². The van der Waals surface area contributed by atoms with Gasteiger partial charge in [0.1, 0.15) is 5.82 Å². The molecule has 1 atom stereocenters. The smallest absolute Gasteiger partial charge is 0.338 e. The number of fused-ring (bicyclic) bond motifs is 2. The van der Waals surface area contributed by atoms with Crippen molar-refractivity contribution in [1.82, 2.24) is 20.2 Å². The molecule has 3 amide bonds. The molecule has 0 bridgehead atoms. The molecule has 176 valence electrons. The van der Waals surface area contributed by atoms with E-state index < -0.39 is 24.0 Å². The van der Waals surface area contributed by atoms with Crippen molar-refractivity contribution in [2.75, 3.05) is 0 Å². The summed E-state index contributed by atoms with van der Waals surface area (Å²) in [6.45, 7) is 2.06. The van der Waals surface area contributed by atoms with Crippen LogP contribution in [0.5, 0.6) is 0 Å². The number of hydrogen-bond acceptors (Lipinski definition) is 6. The number of rotatable bonds is 4. The summed E-state index contributed by atoms with van der Waals surface area (Å²) in [5.41, 5.74) is 0.527. The van der Waals surface area contributed by atoms with E-state index >= 15 is 0 Å². The lowest BCUT2D eigenvalue weighted by atomic mass is 9.96. The number of aryl methyl sites for hydroxylation is 1. The number of nitrogens with zero attached hydrogens (tertiary/aromatic N) is 2. The molecular formula is C24H30N4O5. The second-order valence-electron chi connectivity index (χ2n) is 8.87. The zero-order valence-electron chi connectivity index (χ0n) is 18.9. The Bertz CT molecular complexity index is 1120. The fourth-order valence-corrected chi connectivity index (χ4v) is 4.51. The Labute approximate surface area is 191 Å². The first kappa shape index (κ1) is 22.9. The van der Waals surface area contributed by atoms with Gasteiger partial charge >= 0.3 is 12.0 Å². The van der Waals surface area contributed by atoms with E-state index in [1.807, 2.05) is 0 Å². The van der Waals surface area contributed by atoms with E-state index in [2.05, 4.69) is 15.6 Å². The lowest BCUT2D eigenvalue weighted by molar-refractivity contribution is -0.127. The summed E-state index contributed by atoms with van der Waals surface area (Å²) in [6, 6.07) is 4.07. The molecule has 2 N–H and O–H groups in total. The van der Waals surface area contributed by atoms with Crippen molar-refractivity contribution in [1.29, 1.82) is 0 Å². The number of benzene rings is 1. The second-order valence-corrected chi connectivity index (χ2v) is 8.87. The first-order chi connectivity index (χ1) is 15.9. The number of nitrogens with one attached hydrogen (secondary N) is 2. The van der Waals surface area contributed by atoms with Gasteiger partial charge in [0, 0.05) is 19.0 Å². The second kappa shape index (κ2) is 10.1. The summed E-state index contributed by atoms with van der Waals surface area (Å²) in [7, 11) is 0. The minimum Gasteiger partial charge on any atom is -0.449 e. The van der Waals surface area contributed by atoms with Gasteiger partial charge in [0.2, 0.25) is 0 Å². The molecule has 1 aromatic heterocycles. The fourth-order valence-electron chi connectivity index (χ4n) is 4.51. The van der Waals surface area contributed by atoms with Crippen LogP contribution < -0.4 is 16.2 Å². The number of hydrogen-bond donors (Lipinski definition) is 2. The first-order valence-electron chi connectivity index (χ1n) is 11.8. The van der Waals surface area contributed by atoms with E-state index in [0.29, 0.717) is 17.4 Å². The first-order valence-corrected chi connectivity index (χ1v) is 11.8. The van der Waals surface area contributed by atoms with Crippen LogP contribution in [0.3, 0.4) is 0 Å². The van der Waals surface area contributed by atoms with Gasteiger partial charge in [-0.25, -0.2) is 14.6 Å². The number of urea groups is 1. The largest absolute Gasteiger partial charge is 0.449 e. The maximum atomic E-state index is 12.8. The summed E-state index contributed by atoms with van der Waals surface area (Å²) >= 11 is 0. The number of carbonyl (C=O) groups excluding carboxylic acids is 3. The number of aromatic nitrogens is 2. The molecule has 1 aliphatic heterocycles. The Morgan fingerprint density at radius 2 is 1.85 bits per heavy atom. The average Bonchev–Trinajstić information content (AvgIpc) is 3.05. The van der Waals surface area contributed by atoms with Gasteiger partial charge in [0.05, 0.1) is 16.5 Å². The van der Waals surface area contributed by atoms with Crippen LogP contribution in [0.4, 0.5) is 4.79 Å². The number of imide groups is 1. The molecule has 0 spiro atoms. The topological polar surface area (TPSA) is 119 Å². The predicted octanol–water partition coefficient (Wildman–Crippen LogP) is 2.83. The van der Waals surface area contributed by atoms with Crippen molar-refractivity contribution in [2.24, 2.45) is 0 Å². The van der Waals surface area contributed by atoms with Gasteiger partial charge < -0.3 is 10.1 Å². The molecule has 2 aliphatic rings. The summed E-state index contributed by atoms with van der Waals surface area (Å²) in [5, 5.41) is 5.48. The van der Waals surface area contributed by atoms with Gasteiger partial charge in [0.15, 0.2) is 6.10 Å². The number of carbonyl (C=O) groups is 3. The van der Waals surface area contributed by atoms with E-state index in [1.165, 1.54) is 19.1 Å².